The molecule has 0 radical (unpaired) electrons. The number of nitrogens with one attached hydrogen (secondary N) is 1. The maximum atomic E-state index is 12.5. The van der Waals surface area contributed by atoms with Gasteiger partial charge in [0.05, 0.1) is 11.8 Å². The van der Waals surface area contributed by atoms with Gasteiger partial charge in [-0.1, -0.05) is 18.2 Å². The van der Waals surface area contributed by atoms with Gasteiger partial charge in [-0.3, -0.25) is 4.79 Å². The predicted molar refractivity (Wildman–Crippen MR) is 90.3 cm³/mol. The molecule has 0 aliphatic rings. The second-order valence-corrected chi connectivity index (χ2v) is 5.52. The molecule has 0 amide bonds. The highest BCUT2D eigenvalue weighted by molar-refractivity contribution is 5.62. The van der Waals surface area contributed by atoms with Gasteiger partial charge in [0.15, 0.2) is 0 Å². The van der Waals surface area contributed by atoms with Crippen LogP contribution in [0.15, 0.2) is 41.2 Å². The number of rotatable bonds is 6. The average molecular weight is 300 g/mol. The fraction of sp³-hybridized carbons (Fsp3) is 0.389. The molecule has 118 valence electrons. The van der Waals surface area contributed by atoms with Gasteiger partial charge in [0.25, 0.3) is 5.56 Å². The van der Waals surface area contributed by atoms with Crippen LogP contribution >= 0.6 is 0 Å². The maximum absolute atomic E-state index is 12.5. The molecule has 22 heavy (non-hydrogen) atoms. The summed E-state index contributed by atoms with van der Waals surface area (Å²) in [6.45, 7) is 7.21. The van der Waals surface area contributed by atoms with Crippen molar-refractivity contribution >= 4 is 0 Å². The second kappa shape index (κ2) is 7.27. The minimum absolute atomic E-state index is 0.0598. The molecule has 0 saturated heterocycles. The molecule has 1 N–H and O–H groups in total. The Bertz CT molecular complexity index is 690. The van der Waals surface area contributed by atoms with Crippen molar-refractivity contribution in [3.8, 4) is 17.0 Å². The van der Waals surface area contributed by atoms with E-state index in [2.05, 4.69) is 5.32 Å². The Morgan fingerprint density at radius 3 is 2.64 bits per heavy atom. The van der Waals surface area contributed by atoms with Crippen LogP contribution in [0.1, 0.15) is 26.3 Å². The zero-order valence-corrected chi connectivity index (χ0v) is 13.7. The van der Waals surface area contributed by atoms with Gasteiger partial charge in [-0.2, -0.15) is 0 Å². The van der Waals surface area contributed by atoms with Crippen molar-refractivity contribution in [3.63, 3.8) is 0 Å². The van der Waals surface area contributed by atoms with Crippen molar-refractivity contribution in [3.05, 3.63) is 52.3 Å². The Morgan fingerprint density at radius 2 is 2.00 bits per heavy atom. The first-order chi connectivity index (χ1) is 10.6. The Hall–Kier alpha value is -2.07. The molecule has 0 aliphatic carbocycles. The smallest absolute Gasteiger partial charge is 0.255 e. The monoisotopic (exact) mass is 300 g/mol. The summed E-state index contributed by atoms with van der Waals surface area (Å²) in [6.07, 6.45) is 0.127. The van der Waals surface area contributed by atoms with Crippen LogP contribution in [0.25, 0.3) is 11.3 Å². The van der Waals surface area contributed by atoms with Crippen LogP contribution in [0, 0.1) is 0 Å². The second-order valence-electron chi connectivity index (χ2n) is 5.52. The van der Waals surface area contributed by atoms with Gasteiger partial charge < -0.3 is 14.6 Å². The topological polar surface area (TPSA) is 43.3 Å². The van der Waals surface area contributed by atoms with Crippen molar-refractivity contribution in [2.24, 2.45) is 0 Å². The maximum Gasteiger partial charge on any atom is 0.255 e. The molecule has 0 fully saturated rings. The quantitative estimate of drug-likeness (QED) is 0.891. The molecule has 2 aromatic rings. The van der Waals surface area contributed by atoms with E-state index in [-0.39, 0.29) is 11.7 Å². The molecule has 0 atom stereocenters. The molecule has 0 bridgehead atoms. The molecule has 1 aromatic heterocycles. The van der Waals surface area contributed by atoms with Crippen molar-refractivity contribution < 1.29 is 4.74 Å². The van der Waals surface area contributed by atoms with Crippen LogP contribution in [0.2, 0.25) is 0 Å². The summed E-state index contributed by atoms with van der Waals surface area (Å²) in [5.74, 6) is 0.821. The Kier molecular flexibility index (Phi) is 5.39. The van der Waals surface area contributed by atoms with Gasteiger partial charge in [0, 0.05) is 24.2 Å². The lowest BCUT2D eigenvalue weighted by atomic mass is 10.1. The summed E-state index contributed by atoms with van der Waals surface area (Å²) in [5, 5.41) is 3.03. The zero-order chi connectivity index (χ0) is 16.1. The Morgan fingerprint density at radius 1 is 1.23 bits per heavy atom. The third-order valence-electron chi connectivity index (χ3n) is 3.44. The minimum Gasteiger partial charge on any atom is -0.491 e. The summed E-state index contributed by atoms with van der Waals surface area (Å²) >= 11 is 0. The van der Waals surface area contributed by atoms with E-state index in [9.17, 15) is 4.79 Å². The lowest BCUT2D eigenvalue weighted by Crippen LogP contribution is -2.26. The molecule has 1 aromatic carbocycles. The predicted octanol–water partition coefficient (Wildman–Crippen LogP) is 3.04. The van der Waals surface area contributed by atoms with Crippen molar-refractivity contribution in [1.82, 2.24) is 9.88 Å². The molecule has 1 heterocycles. The molecular formula is C18H24N2O2. The van der Waals surface area contributed by atoms with E-state index in [1.54, 1.807) is 4.57 Å². The molecule has 4 nitrogen and oxygen atoms in total. The van der Waals surface area contributed by atoms with E-state index in [0.29, 0.717) is 13.1 Å². The minimum atomic E-state index is 0.0598. The molecule has 4 heteroatoms. The molecule has 0 saturated carbocycles. The third-order valence-corrected chi connectivity index (χ3v) is 3.44. The number of aromatic nitrogens is 1. The van der Waals surface area contributed by atoms with Crippen LogP contribution < -0.4 is 15.6 Å². The largest absolute Gasteiger partial charge is 0.491 e. The van der Waals surface area contributed by atoms with Crippen LogP contribution in [0.5, 0.6) is 5.75 Å². The van der Waals surface area contributed by atoms with Crippen molar-refractivity contribution in [2.75, 3.05) is 7.05 Å². The Labute approximate surface area is 131 Å². The fourth-order valence-corrected chi connectivity index (χ4v) is 2.52. The molecular weight excluding hydrogens is 276 g/mol. The van der Waals surface area contributed by atoms with Crippen LogP contribution in [-0.2, 0) is 13.1 Å². The number of benzene rings is 1. The standard InChI is InChI=1S/C18H24N2O2/c1-5-20-17(10-9-15(12-19-4)18(20)21)14-7-6-8-16(11-14)22-13(2)3/h6-11,13,19H,5,12H2,1-4H3. The number of pyridine rings is 1. The van der Waals surface area contributed by atoms with Gasteiger partial charge in [0.1, 0.15) is 5.75 Å². The number of hydrogen-bond donors (Lipinski definition) is 1. The van der Waals surface area contributed by atoms with Crippen LogP contribution in [0.3, 0.4) is 0 Å². The van der Waals surface area contributed by atoms with E-state index < -0.39 is 0 Å². The summed E-state index contributed by atoms with van der Waals surface area (Å²) in [6, 6.07) is 11.8. The molecule has 0 unspecified atom stereocenters. The van der Waals surface area contributed by atoms with Crippen LogP contribution in [0.4, 0.5) is 0 Å². The molecule has 2 rings (SSSR count). The average Bonchev–Trinajstić information content (AvgIpc) is 2.49. The van der Waals surface area contributed by atoms with Gasteiger partial charge in [-0.15, -0.1) is 0 Å². The Balaban J connectivity index is 2.48. The lowest BCUT2D eigenvalue weighted by Gasteiger charge is -2.15. The highest BCUT2D eigenvalue weighted by Gasteiger charge is 2.10. The zero-order valence-electron chi connectivity index (χ0n) is 13.7. The summed E-state index contributed by atoms with van der Waals surface area (Å²) < 4.78 is 7.55. The highest BCUT2D eigenvalue weighted by atomic mass is 16.5. The van der Waals surface area contributed by atoms with Gasteiger partial charge in [0.2, 0.25) is 0 Å². The number of hydrogen-bond acceptors (Lipinski definition) is 3. The van der Waals surface area contributed by atoms with Crippen LogP contribution in [-0.4, -0.2) is 17.7 Å². The van der Waals surface area contributed by atoms with E-state index >= 15 is 0 Å². The number of ether oxygens (including phenoxy) is 1. The highest BCUT2D eigenvalue weighted by Crippen LogP contribution is 2.24. The van der Waals surface area contributed by atoms with Crippen molar-refractivity contribution in [2.45, 2.75) is 40.0 Å². The van der Waals surface area contributed by atoms with E-state index in [1.165, 1.54) is 0 Å². The van der Waals surface area contributed by atoms with Gasteiger partial charge >= 0.3 is 0 Å². The van der Waals surface area contributed by atoms with Gasteiger partial charge in [-0.05, 0) is 46.0 Å². The molecule has 0 aliphatic heterocycles. The normalized spacial score (nSPS) is 11.0. The fourth-order valence-electron chi connectivity index (χ4n) is 2.52. The lowest BCUT2D eigenvalue weighted by molar-refractivity contribution is 0.242. The van der Waals surface area contributed by atoms with E-state index in [1.807, 2.05) is 64.2 Å². The van der Waals surface area contributed by atoms with Gasteiger partial charge in [-0.25, -0.2) is 0 Å². The first kappa shape index (κ1) is 16.3. The van der Waals surface area contributed by atoms with Crippen molar-refractivity contribution in [1.29, 1.82) is 0 Å². The summed E-state index contributed by atoms with van der Waals surface area (Å²) in [7, 11) is 1.84. The molecule has 0 spiro atoms. The first-order valence-corrected chi connectivity index (χ1v) is 7.71. The van der Waals surface area contributed by atoms with E-state index in [0.717, 1.165) is 22.6 Å². The third kappa shape index (κ3) is 3.57. The SMILES string of the molecule is CCn1c(-c2cccc(OC(C)C)c2)ccc(CNC)c1=O. The summed E-state index contributed by atoms with van der Waals surface area (Å²) in [4.78, 5) is 12.5. The number of nitrogens with zero attached hydrogens (tertiary/aromatic N) is 1. The first-order valence-electron chi connectivity index (χ1n) is 7.71. The van der Waals surface area contributed by atoms with E-state index in [4.69, 9.17) is 4.74 Å². The summed E-state index contributed by atoms with van der Waals surface area (Å²) in [5.41, 5.74) is 2.75.